The van der Waals surface area contributed by atoms with Crippen molar-refractivity contribution in [3.05, 3.63) is 70.9 Å². The highest BCUT2D eigenvalue weighted by molar-refractivity contribution is 6.28. The normalized spacial score (nSPS) is 12.6. The molecule has 0 saturated carbocycles. The summed E-state index contributed by atoms with van der Waals surface area (Å²) in [6, 6.07) is 16.1. The van der Waals surface area contributed by atoms with Gasteiger partial charge in [-0.3, -0.25) is 0 Å². The molecule has 31 heavy (non-hydrogen) atoms. The first-order valence-electron chi connectivity index (χ1n) is 11.4. The fraction of sp³-hybridized carbons (Fsp3) is 0.276. The summed E-state index contributed by atoms with van der Waals surface area (Å²) in [6.07, 6.45) is 3.33. The fourth-order valence-corrected chi connectivity index (χ4v) is 5.88. The van der Waals surface area contributed by atoms with Crippen LogP contribution in [0.15, 0.2) is 48.7 Å². The van der Waals surface area contributed by atoms with Crippen LogP contribution in [-0.4, -0.2) is 4.40 Å². The molecule has 0 bridgehead atoms. The summed E-state index contributed by atoms with van der Waals surface area (Å²) in [5, 5.41) is 6.94. The van der Waals surface area contributed by atoms with Crippen LogP contribution >= 0.6 is 0 Å². The molecule has 6 rings (SSSR count). The number of pyridine rings is 2. The van der Waals surface area contributed by atoms with E-state index in [1.165, 1.54) is 71.3 Å². The van der Waals surface area contributed by atoms with Crippen LogP contribution in [0.25, 0.3) is 49.0 Å². The summed E-state index contributed by atoms with van der Waals surface area (Å²) in [5.74, 6) is 0.615. The van der Waals surface area contributed by atoms with E-state index in [-0.39, 0.29) is 0 Å². The molecule has 0 amide bonds. The van der Waals surface area contributed by atoms with Crippen molar-refractivity contribution in [2.24, 2.45) is 13.0 Å². The number of benzene rings is 3. The molecule has 3 aromatic heterocycles. The summed E-state index contributed by atoms with van der Waals surface area (Å²) < 4.78 is 4.90. The first-order valence-corrected chi connectivity index (χ1v) is 11.4. The van der Waals surface area contributed by atoms with E-state index in [4.69, 9.17) is 0 Å². The molecule has 0 unspecified atom stereocenters. The third-order valence-corrected chi connectivity index (χ3v) is 7.22. The van der Waals surface area contributed by atoms with Gasteiger partial charge in [0.15, 0.2) is 6.20 Å². The lowest BCUT2D eigenvalue weighted by Gasteiger charge is -2.17. The second kappa shape index (κ2) is 6.20. The molecular weight excluding hydrogens is 376 g/mol. The molecule has 0 atom stereocenters. The highest BCUT2D eigenvalue weighted by Crippen LogP contribution is 2.44. The van der Waals surface area contributed by atoms with Crippen molar-refractivity contribution < 1.29 is 4.57 Å². The van der Waals surface area contributed by atoms with Gasteiger partial charge >= 0.3 is 0 Å². The molecule has 0 saturated heterocycles. The molecule has 0 aliphatic heterocycles. The van der Waals surface area contributed by atoms with Crippen LogP contribution in [0, 0.1) is 26.7 Å². The van der Waals surface area contributed by atoms with Gasteiger partial charge in [0, 0.05) is 16.8 Å². The number of para-hydroxylation sites is 1. The Labute approximate surface area is 183 Å². The third-order valence-electron chi connectivity index (χ3n) is 7.22. The minimum absolute atomic E-state index is 0.615. The third kappa shape index (κ3) is 2.31. The molecule has 0 aliphatic rings. The van der Waals surface area contributed by atoms with Crippen molar-refractivity contribution in [3.63, 3.8) is 0 Å². The van der Waals surface area contributed by atoms with Gasteiger partial charge in [0.1, 0.15) is 7.05 Å². The molecule has 0 aliphatic carbocycles. The molecule has 0 N–H and O–H groups in total. The van der Waals surface area contributed by atoms with Gasteiger partial charge < -0.3 is 4.40 Å². The number of nitrogens with zero attached hydrogens (tertiary/aromatic N) is 2. The second-order valence-electron chi connectivity index (χ2n) is 9.81. The highest BCUT2D eigenvalue weighted by Gasteiger charge is 2.26. The predicted octanol–water partition coefficient (Wildman–Crippen LogP) is 6.94. The molecule has 6 aromatic rings. The van der Waals surface area contributed by atoms with Crippen LogP contribution in [0.5, 0.6) is 0 Å². The topological polar surface area (TPSA) is 8.29 Å². The summed E-state index contributed by atoms with van der Waals surface area (Å²) in [6.45, 7) is 11.4. The second-order valence-corrected chi connectivity index (χ2v) is 9.81. The lowest BCUT2D eigenvalue weighted by molar-refractivity contribution is -0.643. The SMILES string of the molecule is Cc1cc(C)c2c(c1C)c1c3c(cc[n+]1C)cc(CC(C)C)c1c4ccccc4n2c13. The minimum Gasteiger partial charge on any atom is -0.307 e. The van der Waals surface area contributed by atoms with Gasteiger partial charge in [-0.25, -0.2) is 4.57 Å². The number of hydrogen-bond acceptors (Lipinski definition) is 0. The predicted molar refractivity (Wildman–Crippen MR) is 133 cm³/mol. The van der Waals surface area contributed by atoms with Crippen LogP contribution in [0.3, 0.4) is 0 Å². The monoisotopic (exact) mass is 405 g/mol. The fourth-order valence-electron chi connectivity index (χ4n) is 5.88. The lowest BCUT2D eigenvalue weighted by atomic mass is 9.91. The molecule has 0 fully saturated rings. The van der Waals surface area contributed by atoms with Gasteiger partial charge in [-0.2, -0.15) is 0 Å². The molecule has 0 radical (unpaired) electrons. The summed E-state index contributed by atoms with van der Waals surface area (Å²) in [4.78, 5) is 0. The van der Waals surface area contributed by atoms with Crippen LogP contribution in [-0.2, 0) is 13.5 Å². The van der Waals surface area contributed by atoms with E-state index in [2.05, 4.69) is 99.3 Å². The van der Waals surface area contributed by atoms with E-state index in [1.807, 2.05) is 0 Å². The Balaban J connectivity index is 2.08. The van der Waals surface area contributed by atoms with Crippen molar-refractivity contribution in [1.29, 1.82) is 0 Å². The van der Waals surface area contributed by atoms with Crippen molar-refractivity contribution in [2.45, 2.75) is 41.0 Å². The molecule has 2 nitrogen and oxygen atoms in total. The smallest absolute Gasteiger partial charge is 0.224 e. The van der Waals surface area contributed by atoms with E-state index < -0.39 is 0 Å². The average molecular weight is 406 g/mol. The summed E-state index contributed by atoms with van der Waals surface area (Å²) in [7, 11) is 2.20. The van der Waals surface area contributed by atoms with Crippen molar-refractivity contribution in [3.8, 4) is 0 Å². The van der Waals surface area contributed by atoms with Gasteiger partial charge in [-0.15, -0.1) is 0 Å². The zero-order chi connectivity index (χ0) is 21.6. The van der Waals surface area contributed by atoms with E-state index in [1.54, 1.807) is 0 Å². The van der Waals surface area contributed by atoms with Gasteiger partial charge in [-0.05, 0) is 72.9 Å². The van der Waals surface area contributed by atoms with Crippen LogP contribution < -0.4 is 4.57 Å². The van der Waals surface area contributed by atoms with Crippen molar-refractivity contribution >= 4 is 49.0 Å². The van der Waals surface area contributed by atoms with E-state index >= 15 is 0 Å². The zero-order valence-corrected chi connectivity index (χ0v) is 19.3. The largest absolute Gasteiger partial charge is 0.307 e. The van der Waals surface area contributed by atoms with E-state index in [0.717, 1.165) is 6.42 Å². The number of hydrogen-bond donors (Lipinski definition) is 0. The van der Waals surface area contributed by atoms with Crippen LogP contribution in [0.2, 0.25) is 0 Å². The quantitative estimate of drug-likeness (QED) is 0.168. The summed E-state index contributed by atoms with van der Waals surface area (Å²) >= 11 is 0. The van der Waals surface area contributed by atoms with E-state index in [9.17, 15) is 0 Å². The molecule has 154 valence electrons. The Morgan fingerprint density at radius 2 is 1.65 bits per heavy atom. The van der Waals surface area contributed by atoms with Crippen LogP contribution in [0.4, 0.5) is 0 Å². The average Bonchev–Trinajstić information content (AvgIpc) is 3.08. The molecule has 3 aromatic carbocycles. The molecule has 2 heteroatoms. The van der Waals surface area contributed by atoms with Crippen molar-refractivity contribution in [2.75, 3.05) is 0 Å². The number of aryl methyl sites for hydroxylation is 4. The number of fused-ring (bicyclic) bond motifs is 6. The number of rotatable bonds is 2. The first-order chi connectivity index (χ1) is 14.9. The zero-order valence-electron chi connectivity index (χ0n) is 19.3. The Kier molecular flexibility index (Phi) is 3.72. The van der Waals surface area contributed by atoms with Gasteiger partial charge in [-0.1, -0.05) is 38.1 Å². The molecular formula is C29H29N2+. The van der Waals surface area contributed by atoms with E-state index in [0.29, 0.717) is 5.92 Å². The minimum atomic E-state index is 0.615. The Morgan fingerprint density at radius 1 is 0.871 bits per heavy atom. The van der Waals surface area contributed by atoms with Gasteiger partial charge in [0.2, 0.25) is 5.52 Å². The maximum absolute atomic E-state index is 2.57. The maximum Gasteiger partial charge on any atom is 0.224 e. The first kappa shape index (κ1) is 18.6. The Morgan fingerprint density at radius 3 is 2.42 bits per heavy atom. The van der Waals surface area contributed by atoms with Crippen LogP contribution in [0.1, 0.15) is 36.1 Å². The molecule has 0 spiro atoms. The standard InChI is InChI=1S/C29H29N2/c1-16(2)13-21-15-20-11-12-30(6)28-24-19(5)17(3)14-18(4)27(24)31-23-10-8-7-9-22(23)25(21)29(31)26(20)28/h7-12,14-16H,13H2,1-6H3/q+1. The highest BCUT2D eigenvalue weighted by atomic mass is 15.0. The van der Waals surface area contributed by atoms with Gasteiger partial charge in [0.05, 0.1) is 27.3 Å². The van der Waals surface area contributed by atoms with Crippen molar-refractivity contribution in [1.82, 2.24) is 4.40 Å². The molecule has 3 heterocycles. The Bertz CT molecular complexity index is 1660. The summed E-state index contributed by atoms with van der Waals surface area (Å²) in [5.41, 5.74) is 11.0. The lowest BCUT2D eigenvalue weighted by Crippen LogP contribution is -2.29. The Hall–Kier alpha value is -3.13. The number of aromatic nitrogens is 2. The maximum atomic E-state index is 2.57. The van der Waals surface area contributed by atoms with Gasteiger partial charge in [0.25, 0.3) is 0 Å².